The normalized spacial score (nSPS) is 9.78. The summed E-state index contributed by atoms with van der Waals surface area (Å²) in [4.78, 5) is 23.4. The fourth-order valence-corrected chi connectivity index (χ4v) is 1.90. The van der Waals surface area contributed by atoms with Crippen molar-refractivity contribution in [2.75, 3.05) is 19.0 Å². The first-order valence-corrected chi connectivity index (χ1v) is 7.17. The van der Waals surface area contributed by atoms with Gasteiger partial charge in [-0.15, -0.1) is 0 Å². The largest absolute Gasteiger partial charge is 0.497 e. The number of urea groups is 1. The Bertz CT molecular complexity index is 659. The van der Waals surface area contributed by atoms with Gasteiger partial charge in [0.05, 0.1) is 13.7 Å². The number of anilines is 1. The highest BCUT2D eigenvalue weighted by Gasteiger charge is 2.05. The number of rotatable bonds is 6. The van der Waals surface area contributed by atoms with Crippen molar-refractivity contribution in [2.45, 2.75) is 6.54 Å². The highest BCUT2D eigenvalue weighted by atomic mass is 16.5. The Morgan fingerprint density at radius 1 is 1.00 bits per heavy atom. The Kier molecular flexibility index (Phi) is 5.99. The number of para-hydroxylation sites is 1. The van der Waals surface area contributed by atoms with Gasteiger partial charge in [0.25, 0.3) is 0 Å². The number of nitrogens with one attached hydrogen (secondary N) is 3. The molecular weight excluding hydrogens is 294 g/mol. The van der Waals surface area contributed by atoms with Crippen LogP contribution in [0.5, 0.6) is 5.75 Å². The van der Waals surface area contributed by atoms with Crippen LogP contribution in [0.15, 0.2) is 54.6 Å². The second-order valence-electron chi connectivity index (χ2n) is 4.80. The molecule has 2 aromatic rings. The summed E-state index contributed by atoms with van der Waals surface area (Å²) in [5.41, 5.74) is 1.59. The van der Waals surface area contributed by atoms with Crippen LogP contribution in [0.4, 0.5) is 10.5 Å². The average Bonchev–Trinajstić information content (AvgIpc) is 2.59. The van der Waals surface area contributed by atoms with Gasteiger partial charge in [0, 0.05) is 12.2 Å². The van der Waals surface area contributed by atoms with Gasteiger partial charge in [0.1, 0.15) is 5.75 Å². The second-order valence-corrected chi connectivity index (χ2v) is 4.80. The van der Waals surface area contributed by atoms with Crippen LogP contribution in [0.25, 0.3) is 0 Å². The van der Waals surface area contributed by atoms with E-state index >= 15 is 0 Å². The van der Waals surface area contributed by atoms with Gasteiger partial charge >= 0.3 is 6.03 Å². The van der Waals surface area contributed by atoms with Crippen molar-refractivity contribution >= 4 is 17.6 Å². The fraction of sp³-hybridized carbons (Fsp3) is 0.176. The van der Waals surface area contributed by atoms with E-state index in [1.165, 1.54) is 0 Å². The quantitative estimate of drug-likeness (QED) is 0.764. The summed E-state index contributed by atoms with van der Waals surface area (Å²) in [6, 6.07) is 16.0. The van der Waals surface area contributed by atoms with Crippen molar-refractivity contribution in [1.29, 1.82) is 0 Å². The van der Waals surface area contributed by atoms with Crippen LogP contribution in [0.1, 0.15) is 5.56 Å². The summed E-state index contributed by atoms with van der Waals surface area (Å²) in [7, 11) is 1.59. The number of amides is 3. The van der Waals surface area contributed by atoms with Crippen LogP contribution >= 0.6 is 0 Å². The van der Waals surface area contributed by atoms with Crippen LogP contribution in [0, 0.1) is 0 Å². The first-order valence-electron chi connectivity index (χ1n) is 7.17. The molecule has 120 valence electrons. The van der Waals surface area contributed by atoms with E-state index in [9.17, 15) is 9.59 Å². The van der Waals surface area contributed by atoms with E-state index in [1.54, 1.807) is 19.2 Å². The molecule has 0 atom stereocenters. The molecule has 0 radical (unpaired) electrons. The molecule has 2 rings (SSSR count). The lowest BCUT2D eigenvalue weighted by molar-refractivity contribution is -0.120. The van der Waals surface area contributed by atoms with E-state index in [2.05, 4.69) is 16.0 Å². The van der Waals surface area contributed by atoms with Gasteiger partial charge in [-0.25, -0.2) is 4.79 Å². The molecule has 0 aliphatic carbocycles. The number of methoxy groups -OCH3 is 1. The third-order valence-corrected chi connectivity index (χ3v) is 3.06. The average molecular weight is 313 g/mol. The molecule has 0 aliphatic rings. The van der Waals surface area contributed by atoms with E-state index in [-0.39, 0.29) is 12.5 Å². The Morgan fingerprint density at radius 2 is 1.78 bits per heavy atom. The van der Waals surface area contributed by atoms with Crippen molar-refractivity contribution in [1.82, 2.24) is 10.6 Å². The van der Waals surface area contributed by atoms with Crippen molar-refractivity contribution in [2.24, 2.45) is 0 Å². The van der Waals surface area contributed by atoms with Crippen LogP contribution in [-0.2, 0) is 11.3 Å². The first-order chi connectivity index (χ1) is 11.2. The molecular formula is C17H19N3O3. The SMILES string of the molecule is COc1cccc(CNC(=O)CNC(=O)Nc2ccccc2)c1. The molecule has 3 N–H and O–H groups in total. The molecule has 0 heterocycles. The standard InChI is InChI=1S/C17H19N3O3/c1-23-15-9-5-6-13(10-15)11-18-16(21)12-19-17(22)20-14-7-3-2-4-8-14/h2-10H,11-12H2,1H3,(H,18,21)(H2,19,20,22). The van der Waals surface area contributed by atoms with E-state index in [0.29, 0.717) is 12.2 Å². The maximum Gasteiger partial charge on any atom is 0.319 e. The van der Waals surface area contributed by atoms with Crippen LogP contribution < -0.4 is 20.7 Å². The van der Waals surface area contributed by atoms with Gasteiger partial charge in [-0.1, -0.05) is 30.3 Å². The summed E-state index contributed by atoms with van der Waals surface area (Å²) < 4.78 is 5.12. The molecule has 23 heavy (non-hydrogen) atoms. The molecule has 0 bridgehead atoms. The number of carbonyl (C=O) groups excluding carboxylic acids is 2. The zero-order chi connectivity index (χ0) is 16.5. The van der Waals surface area contributed by atoms with Gasteiger partial charge in [-0.2, -0.15) is 0 Å². The smallest absolute Gasteiger partial charge is 0.319 e. The van der Waals surface area contributed by atoms with E-state index in [4.69, 9.17) is 4.74 Å². The Labute approximate surface area is 134 Å². The van der Waals surface area contributed by atoms with E-state index < -0.39 is 6.03 Å². The lowest BCUT2D eigenvalue weighted by atomic mass is 10.2. The molecule has 6 nitrogen and oxygen atoms in total. The monoisotopic (exact) mass is 313 g/mol. The predicted octanol–water partition coefficient (Wildman–Crippen LogP) is 2.13. The Hall–Kier alpha value is -3.02. The fourth-order valence-electron chi connectivity index (χ4n) is 1.90. The predicted molar refractivity (Wildman–Crippen MR) is 88.3 cm³/mol. The third kappa shape index (κ3) is 5.70. The molecule has 0 aliphatic heterocycles. The molecule has 3 amide bonds. The summed E-state index contributed by atoms with van der Waals surface area (Å²) >= 11 is 0. The minimum atomic E-state index is -0.423. The van der Waals surface area contributed by atoms with Gasteiger partial charge in [0.15, 0.2) is 0 Å². The lowest BCUT2D eigenvalue weighted by Gasteiger charge is -2.09. The van der Waals surface area contributed by atoms with Gasteiger partial charge < -0.3 is 20.7 Å². The van der Waals surface area contributed by atoms with Crippen molar-refractivity contribution in [3.05, 3.63) is 60.2 Å². The van der Waals surface area contributed by atoms with Crippen LogP contribution in [0.2, 0.25) is 0 Å². The van der Waals surface area contributed by atoms with E-state index in [1.807, 2.05) is 42.5 Å². The van der Waals surface area contributed by atoms with Crippen molar-refractivity contribution in [3.8, 4) is 5.75 Å². The molecule has 0 fully saturated rings. The molecule has 0 unspecified atom stereocenters. The maximum atomic E-state index is 11.7. The van der Waals surface area contributed by atoms with Gasteiger partial charge in [-0.3, -0.25) is 4.79 Å². The van der Waals surface area contributed by atoms with Gasteiger partial charge in [0.2, 0.25) is 5.91 Å². The molecule has 0 aromatic heterocycles. The first kappa shape index (κ1) is 16.4. The zero-order valence-electron chi connectivity index (χ0n) is 12.8. The Morgan fingerprint density at radius 3 is 2.52 bits per heavy atom. The summed E-state index contributed by atoms with van der Waals surface area (Å²) in [6.45, 7) is 0.278. The number of ether oxygens (including phenoxy) is 1. The van der Waals surface area contributed by atoms with E-state index in [0.717, 1.165) is 11.3 Å². The molecule has 0 saturated carbocycles. The summed E-state index contributed by atoms with van der Waals surface area (Å²) in [6.07, 6.45) is 0. The van der Waals surface area contributed by atoms with Crippen molar-refractivity contribution in [3.63, 3.8) is 0 Å². The highest BCUT2D eigenvalue weighted by molar-refractivity contribution is 5.92. The number of hydrogen-bond donors (Lipinski definition) is 3. The van der Waals surface area contributed by atoms with Crippen LogP contribution in [-0.4, -0.2) is 25.6 Å². The summed E-state index contributed by atoms with van der Waals surface area (Å²) in [5.74, 6) is 0.466. The highest BCUT2D eigenvalue weighted by Crippen LogP contribution is 2.12. The molecule has 0 spiro atoms. The summed E-state index contributed by atoms with van der Waals surface area (Å²) in [5, 5.41) is 7.88. The third-order valence-electron chi connectivity index (χ3n) is 3.06. The zero-order valence-corrected chi connectivity index (χ0v) is 12.8. The topological polar surface area (TPSA) is 79.5 Å². The second kappa shape index (κ2) is 8.43. The van der Waals surface area contributed by atoms with Crippen LogP contribution in [0.3, 0.4) is 0 Å². The minimum absolute atomic E-state index is 0.0946. The lowest BCUT2D eigenvalue weighted by Crippen LogP contribution is -2.38. The maximum absolute atomic E-state index is 11.7. The molecule has 6 heteroatoms. The molecule has 0 saturated heterocycles. The Balaban J connectivity index is 1.71. The van der Waals surface area contributed by atoms with Gasteiger partial charge in [-0.05, 0) is 29.8 Å². The number of hydrogen-bond acceptors (Lipinski definition) is 3. The number of carbonyl (C=O) groups is 2. The minimum Gasteiger partial charge on any atom is -0.497 e. The molecule has 2 aromatic carbocycles. The number of benzene rings is 2. The van der Waals surface area contributed by atoms with Crippen molar-refractivity contribution < 1.29 is 14.3 Å².